The van der Waals surface area contributed by atoms with Gasteiger partial charge < -0.3 is 20.7 Å². The summed E-state index contributed by atoms with van der Waals surface area (Å²) < 4.78 is 5.78. The van der Waals surface area contributed by atoms with E-state index in [-0.39, 0.29) is 12.0 Å². The zero-order valence-corrected chi connectivity index (χ0v) is 11.9. The van der Waals surface area contributed by atoms with Crippen molar-refractivity contribution < 1.29 is 14.9 Å². The summed E-state index contributed by atoms with van der Waals surface area (Å²) in [5, 5.41) is 19.9. The van der Waals surface area contributed by atoms with Gasteiger partial charge in [0.25, 0.3) is 0 Å². The molecule has 1 aromatic carbocycles. The summed E-state index contributed by atoms with van der Waals surface area (Å²) >= 11 is 0. The molecule has 4 nitrogen and oxygen atoms in total. The van der Waals surface area contributed by atoms with Crippen molar-refractivity contribution in [1.29, 1.82) is 0 Å². The first-order valence-electron chi connectivity index (χ1n) is 7.49. The molecule has 1 fully saturated rings. The standard InChI is InChI=1S/C16H25NO3/c17-9-8-16(19)12-5-3-6-14(10-12)20-11-13-4-1-2-7-15(13)18/h3,5-6,10,13,15-16,18-19H,1-2,4,7-9,11,17H2/t13?,15?,16-/m1/s1. The molecule has 1 saturated carbocycles. The highest BCUT2D eigenvalue weighted by Crippen LogP contribution is 2.26. The van der Waals surface area contributed by atoms with Crippen LogP contribution in [0.5, 0.6) is 5.75 Å². The predicted octanol–water partition coefficient (Wildman–Crippen LogP) is 2.00. The van der Waals surface area contributed by atoms with Gasteiger partial charge in [-0.25, -0.2) is 0 Å². The third-order valence-electron chi connectivity index (χ3n) is 4.02. The zero-order valence-electron chi connectivity index (χ0n) is 11.9. The second-order valence-corrected chi connectivity index (χ2v) is 5.59. The number of hydrogen-bond donors (Lipinski definition) is 3. The van der Waals surface area contributed by atoms with E-state index in [2.05, 4.69) is 0 Å². The molecule has 4 heteroatoms. The van der Waals surface area contributed by atoms with Crippen LogP contribution in [0.2, 0.25) is 0 Å². The van der Waals surface area contributed by atoms with Crippen LogP contribution in [0.4, 0.5) is 0 Å². The molecule has 0 amide bonds. The van der Waals surface area contributed by atoms with Gasteiger partial charge in [0.15, 0.2) is 0 Å². The molecule has 1 aliphatic carbocycles. The van der Waals surface area contributed by atoms with Crippen LogP contribution < -0.4 is 10.5 Å². The number of ether oxygens (including phenoxy) is 1. The van der Waals surface area contributed by atoms with Crippen molar-refractivity contribution in [2.24, 2.45) is 11.7 Å². The van der Waals surface area contributed by atoms with Crippen LogP contribution >= 0.6 is 0 Å². The summed E-state index contributed by atoms with van der Waals surface area (Å²) in [6.07, 6.45) is 3.95. The number of aliphatic hydroxyl groups is 2. The second kappa shape index (κ2) is 7.62. The van der Waals surface area contributed by atoms with Gasteiger partial charge in [-0.15, -0.1) is 0 Å². The number of hydrogen-bond acceptors (Lipinski definition) is 4. The highest BCUT2D eigenvalue weighted by molar-refractivity contribution is 5.29. The van der Waals surface area contributed by atoms with Crippen LogP contribution in [0.3, 0.4) is 0 Å². The maximum Gasteiger partial charge on any atom is 0.119 e. The lowest BCUT2D eigenvalue weighted by Gasteiger charge is -2.27. The molecule has 0 spiro atoms. The molecule has 0 radical (unpaired) electrons. The lowest BCUT2D eigenvalue weighted by atomic mass is 9.87. The number of nitrogens with two attached hydrogens (primary N) is 1. The van der Waals surface area contributed by atoms with Crippen molar-refractivity contribution in [3.63, 3.8) is 0 Å². The summed E-state index contributed by atoms with van der Waals surface area (Å²) in [4.78, 5) is 0. The first-order chi connectivity index (χ1) is 9.70. The lowest BCUT2D eigenvalue weighted by Crippen LogP contribution is -2.29. The summed E-state index contributed by atoms with van der Waals surface area (Å²) in [5.74, 6) is 0.970. The van der Waals surface area contributed by atoms with Crippen molar-refractivity contribution in [3.05, 3.63) is 29.8 Å². The van der Waals surface area contributed by atoms with Crippen molar-refractivity contribution >= 4 is 0 Å². The molecule has 3 atom stereocenters. The lowest BCUT2D eigenvalue weighted by molar-refractivity contribution is 0.0421. The number of aliphatic hydroxyl groups excluding tert-OH is 2. The fraction of sp³-hybridized carbons (Fsp3) is 0.625. The normalized spacial score (nSPS) is 24.4. The Morgan fingerprint density at radius 1 is 1.30 bits per heavy atom. The molecule has 0 saturated heterocycles. The quantitative estimate of drug-likeness (QED) is 0.744. The zero-order chi connectivity index (χ0) is 14.4. The van der Waals surface area contributed by atoms with Crippen LogP contribution in [0.25, 0.3) is 0 Å². The Labute approximate surface area is 120 Å². The third kappa shape index (κ3) is 4.20. The molecule has 20 heavy (non-hydrogen) atoms. The Bertz CT molecular complexity index is 410. The molecule has 112 valence electrons. The van der Waals surface area contributed by atoms with Gasteiger partial charge in [0.05, 0.1) is 18.8 Å². The second-order valence-electron chi connectivity index (χ2n) is 5.59. The van der Waals surface area contributed by atoms with E-state index in [0.717, 1.165) is 30.6 Å². The molecule has 0 bridgehead atoms. The Balaban J connectivity index is 1.90. The Morgan fingerprint density at radius 2 is 2.10 bits per heavy atom. The third-order valence-corrected chi connectivity index (χ3v) is 4.02. The summed E-state index contributed by atoms with van der Waals surface area (Å²) in [5.41, 5.74) is 6.29. The van der Waals surface area contributed by atoms with Gasteiger partial charge in [0.2, 0.25) is 0 Å². The molecule has 4 N–H and O–H groups in total. The van der Waals surface area contributed by atoms with Gasteiger partial charge in [-0.3, -0.25) is 0 Å². The van der Waals surface area contributed by atoms with E-state index in [1.54, 1.807) is 0 Å². The molecular formula is C16H25NO3. The first-order valence-corrected chi connectivity index (χ1v) is 7.49. The molecule has 0 aromatic heterocycles. The summed E-state index contributed by atoms with van der Waals surface area (Å²) in [7, 11) is 0. The van der Waals surface area contributed by atoms with Crippen molar-refractivity contribution in [1.82, 2.24) is 0 Å². The minimum absolute atomic E-state index is 0.223. The SMILES string of the molecule is NCC[C@@H](O)c1cccc(OCC2CCCCC2O)c1. The van der Waals surface area contributed by atoms with Gasteiger partial charge in [-0.2, -0.15) is 0 Å². The van der Waals surface area contributed by atoms with E-state index < -0.39 is 6.10 Å². The van der Waals surface area contributed by atoms with Crippen LogP contribution in [0, 0.1) is 5.92 Å². The smallest absolute Gasteiger partial charge is 0.119 e. The van der Waals surface area contributed by atoms with E-state index in [1.807, 2.05) is 24.3 Å². The Kier molecular flexibility index (Phi) is 5.83. The van der Waals surface area contributed by atoms with E-state index in [1.165, 1.54) is 6.42 Å². The highest BCUT2D eigenvalue weighted by atomic mass is 16.5. The van der Waals surface area contributed by atoms with Gasteiger partial charge >= 0.3 is 0 Å². The van der Waals surface area contributed by atoms with E-state index in [0.29, 0.717) is 19.6 Å². The van der Waals surface area contributed by atoms with Crippen LogP contribution in [-0.2, 0) is 0 Å². The fourth-order valence-corrected chi connectivity index (χ4v) is 2.72. The van der Waals surface area contributed by atoms with Crippen molar-refractivity contribution in [2.75, 3.05) is 13.2 Å². The minimum atomic E-state index is -0.538. The Morgan fingerprint density at radius 3 is 2.85 bits per heavy atom. The molecule has 2 rings (SSSR count). The molecule has 0 heterocycles. The molecule has 1 aromatic rings. The van der Waals surface area contributed by atoms with Gasteiger partial charge in [-0.05, 0) is 43.5 Å². The summed E-state index contributed by atoms with van der Waals surface area (Å²) in [6, 6.07) is 7.49. The average molecular weight is 279 g/mol. The molecule has 1 aliphatic rings. The van der Waals surface area contributed by atoms with Gasteiger partial charge in [0.1, 0.15) is 5.75 Å². The molecular weight excluding hydrogens is 254 g/mol. The van der Waals surface area contributed by atoms with E-state index >= 15 is 0 Å². The largest absolute Gasteiger partial charge is 0.493 e. The number of rotatable bonds is 6. The minimum Gasteiger partial charge on any atom is -0.493 e. The Hall–Kier alpha value is -1.10. The van der Waals surface area contributed by atoms with Crippen LogP contribution in [0.15, 0.2) is 24.3 Å². The number of benzene rings is 1. The topological polar surface area (TPSA) is 75.7 Å². The average Bonchev–Trinajstić information content (AvgIpc) is 2.47. The van der Waals surface area contributed by atoms with Gasteiger partial charge in [0, 0.05) is 5.92 Å². The molecule has 0 aliphatic heterocycles. The highest BCUT2D eigenvalue weighted by Gasteiger charge is 2.23. The van der Waals surface area contributed by atoms with Crippen LogP contribution in [0.1, 0.15) is 43.8 Å². The maximum absolute atomic E-state index is 9.93. The monoisotopic (exact) mass is 279 g/mol. The predicted molar refractivity (Wildman–Crippen MR) is 78.5 cm³/mol. The van der Waals surface area contributed by atoms with Crippen molar-refractivity contribution in [3.8, 4) is 5.75 Å². The van der Waals surface area contributed by atoms with E-state index in [4.69, 9.17) is 10.5 Å². The molecule has 2 unspecified atom stereocenters. The fourth-order valence-electron chi connectivity index (χ4n) is 2.72. The van der Waals surface area contributed by atoms with Crippen LogP contribution in [-0.4, -0.2) is 29.5 Å². The van der Waals surface area contributed by atoms with Crippen molar-refractivity contribution in [2.45, 2.75) is 44.3 Å². The maximum atomic E-state index is 9.93. The first kappa shape index (κ1) is 15.3. The van der Waals surface area contributed by atoms with Gasteiger partial charge in [-0.1, -0.05) is 25.0 Å². The summed E-state index contributed by atoms with van der Waals surface area (Å²) in [6.45, 7) is 0.998. The van der Waals surface area contributed by atoms with E-state index in [9.17, 15) is 10.2 Å².